The van der Waals surface area contributed by atoms with Crippen LogP contribution in [0.25, 0.3) is 66.0 Å². The number of ether oxygens (including phenoxy) is 2. The molecule has 434 valence electrons. The number of fused-ring (bicyclic) bond motifs is 8. The Morgan fingerprint density at radius 2 is 0.789 bits per heavy atom. The van der Waals surface area contributed by atoms with Crippen molar-refractivity contribution in [3.63, 3.8) is 0 Å². The van der Waals surface area contributed by atoms with Crippen LogP contribution in [-0.2, 0) is 11.8 Å². The van der Waals surface area contributed by atoms with Crippen LogP contribution in [0.1, 0.15) is 55.6 Å². The molecule has 12 aromatic carbocycles. The van der Waals surface area contributed by atoms with E-state index in [0.29, 0.717) is 0 Å². The van der Waals surface area contributed by atoms with Gasteiger partial charge in [-0.3, -0.25) is 0 Å². The minimum atomic E-state index is -2.51. The van der Waals surface area contributed by atoms with E-state index >= 15 is 0 Å². The molecule has 14 rings (SSSR count). The Bertz CT molecular complexity index is 4840. The van der Waals surface area contributed by atoms with E-state index in [1.165, 1.54) is 33.0 Å². The van der Waals surface area contributed by atoms with Gasteiger partial charge in [-0.25, -0.2) is 0 Å². The summed E-state index contributed by atoms with van der Waals surface area (Å²) < 4.78 is 24.6. The number of allylic oxidation sites excluding steroid dienone is 2. The van der Waals surface area contributed by atoms with Crippen LogP contribution in [0.5, 0.6) is 23.0 Å². The summed E-state index contributed by atoms with van der Waals surface area (Å²) >= 11 is 0. The molecule has 0 saturated carbocycles. The molecule has 2 aliphatic carbocycles. The fourth-order valence-electron chi connectivity index (χ4n) is 12.5. The quantitative estimate of drug-likeness (QED) is 0.0945. The number of rotatable bonds is 6. The van der Waals surface area contributed by atoms with Gasteiger partial charge in [-0.1, -0.05) is 210 Å². The zero-order valence-corrected chi connectivity index (χ0v) is 53.9. The standard InChI is InChI=1S/C42H36O2Si2.C42H30O2/c1-45(2,43-38-19-7-5-8-20-38)25-23-42(24-26-46(3,4)44-39-21-9-6-10-22-39)40-30-34-17-13-11-15-32(34)27-36(40)29-37-28-33-16-12-14-18-35(33)31-41(37)42;1-27-11-9-17-29(41(27)43-3)19-21-35-37-23-31-13-5-7-15-33(31)25-39(37)36(22-20-30-18-10-12-28(2)42(30)44-4)40-26-34-16-8-6-14-32(34)24-38(35)40/h5-22,27,29-31H,28H2,1-4H3;5-18,23-26H,1-4H3. The first-order valence-corrected chi connectivity index (χ1v) is 36.3. The Morgan fingerprint density at radius 1 is 0.389 bits per heavy atom. The third-order valence-electron chi connectivity index (χ3n) is 16.8. The van der Waals surface area contributed by atoms with E-state index in [2.05, 4.69) is 218 Å². The van der Waals surface area contributed by atoms with Crippen LogP contribution in [0, 0.1) is 60.5 Å². The van der Waals surface area contributed by atoms with Crippen LogP contribution in [0.4, 0.5) is 0 Å². The molecule has 0 heterocycles. The molecule has 0 atom stereocenters. The zero-order valence-electron chi connectivity index (χ0n) is 51.9. The van der Waals surface area contributed by atoms with Gasteiger partial charge in [0, 0.05) is 11.1 Å². The van der Waals surface area contributed by atoms with E-state index in [9.17, 15) is 0 Å². The average Bonchev–Trinajstić information content (AvgIpc) is 0.786. The minimum absolute atomic E-state index is 0.805. The summed E-state index contributed by atoms with van der Waals surface area (Å²) in [5.41, 5.74) is 19.6. The van der Waals surface area contributed by atoms with E-state index in [4.69, 9.17) is 18.3 Å². The van der Waals surface area contributed by atoms with Crippen molar-refractivity contribution >= 4 is 82.6 Å². The lowest BCUT2D eigenvalue weighted by atomic mass is 9.64. The second-order valence-electron chi connectivity index (χ2n) is 24.0. The van der Waals surface area contributed by atoms with Crippen molar-refractivity contribution in [3.8, 4) is 69.6 Å². The first-order valence-electron chi connectivity index (χ1n) is 30.5. The SMILES string of the molecule is COc1c(C)cccc1C#Cc1c2cc3ccccc3cc2c(C#Cc2cccc(C)c2OC)c2cc3ccccc3cc12.C[Si](C)(C#CC1(C#C[Si](C)(C)Oc2ccccc2)C2=Cc3ccccc3CC2=Cc2cc3ccccc3cc21)Oc1ccccc1. The van der Waals surface area contributed by atoms with Crippen molar-refractivity contribution in [2.45, 2.75) is 51.9 Å². The van der Waals surface area contributed by atoms with Gasteiger partial charge in [0.05, 0.1) is 25.3 Å². The topological polar surface area (TPSA) is 36.9 Å². The summed E-state index contributed by atoms with van der Waals surface area (Å²) in [6, 6.07) is 80.0. The van der Waals surface area contributed by atoms with Crippen molar-refractivity contribution in [3.05, 3.63) is 297 Å². The monoisotopic (exact) mass is 1190 g/mol. The van der Waals surface area contributed by atoms with Gasteiger partial charge in [0.2, 0.25) is 0 Å². The fraction of sp³-hybridized carbons (Fsp3) is 0.119. The Labute approximate surface area is 530 Å². The van der Waals surface area contributed by atoms with Gasteiger partial charge in [-0.15, -0.1) is 0 Å². The lowest BCUT2D eigenvalue weighted by Gasteiger charge is -2.37. The highest BCUT2D eigenvalue weighted by molar-refractivity contribution is 6.80. The minimum Gasteiger partial charge on any atom is -0.532 e. The molecule has 0 spiro atoms. The molecule has 4 nitrogen and oxygen atoms in total. The summed E-state index contributed by atoms with van der Waals surface area (Å²) in [6.07, 6.45) is 5.52. The molecule has 0 N–H and O–H groups in total. The van der Waals surface area contributed by atoms with Crippen LogP contribution in [-0.4, -0.2) is 30.9 Å². The molecular formula is C84H66O4Si2. The first-order chi connectivity index (χ1) is 43.7. The van der Waals surface area contributed by atoms with Crippen LogP contribution in [0.3, 0.4) is 0 Å². The number of aryl methyl sites for hydroxylation is 2. The van der Waals surface area contributed by atoms with Gasteiger partial charge in [-0.2, -0.15) is 0 Å². The first kappa shape index (κ1) is 58.3. The highest BCUT2D eigenvalue weighted by Crippen LogP contribution is 2.49. The normalized spacial score (nSPS) is 12.7. The third-order valence-corrected chi connectivity index (χ3v) is 19.7. The van der Waals surface area contributed by atoms with Crippen LogP contribution in [0.2, 0.25) is 26.2 Å². The summed E-state index contributed by atoms with van der Waals surface area (Å²) in [5, 5.41) is 11.3. The molecule has 0 saturated heterocycles. The molecule has 0 unspecified atom stereocenters. The fourth-order valence-corrected chi connectivity index (χ4v) is 15.0. The van der Waals surface area contributed by atoms with Crippen molar-refractivity contribution in [2.75, 3.05) is 14.2 Å². The highest BCUT2D eigenvalue weighted by atomic mass is 28.4. The van der Waals surface area contributed by atoms with E-state index in [-0.39, 0.29) is 0 Å². The number of hydrogen-bond acceptors (Lipinski definition) is 4. The van der Waals surface area contributed by atoms with Crippen LogP contribution < -0.4 is 18.3 Å². The molecule has 0 bridgehead atoms. The third kappa shape index (κ3) is 11.8. The zero-order chi connectivity index (χ0) is 62.0. The molecule has 12 aromatic rings. The molecule has 90 heavy (non-hydrogen) atoms. The molecule has 0 radical (unpaired) electrons. The maximum atomic E-state index is 6.58. The predicted molar refractivity (Wildman–Crippen MR) is 380 cm³/mol. The maximum absolute atomic E-state index is 6.58. The lowest BCUT2D eigenvalue weighted by Crippen LogP contribution is -2.38. The van der Waals surface area contributed by atoms with Gasteiger partial charge in [0.25, 0.3) is 0 Å². The van der Waals surface area contributed by atoms with E-state index < -0.39 is 22.0 Å². The summed E-state index contributed by atoms with van der Waals surface area (Å²) in [7, 11) is -1.62. The molecular weight excluding hydrogens is 1130 g/mol. The second kappa shape index (κ2) is 24.5. The molecule has 0 fully saturated rings. The van der Waals surface area contributed by atoms with Crippen molar-refractivity contribution in [1.82, 2.24) is 0 Å². The van der Waals surface area contributed by atoms with Gasteiger partial charge >= 0.3 is 16.6 Å². The largest absolute Gasteiger partial charge is 0.532 e. The van der Waals surface area contributed by atoms with Crippen LogP contribution >= 0.6 is 0 Å². The van der Waals surface area contributed by atoms with Gasteiger partial charge in [-0.05, 0) is 224 Å². The Morgan fingerprint density at radius 3 is 1.23 bits per heavy atom. The maximum Gasteiger partial charge on any atom is 0.323 e. The number of benzene rings is 12. The molecule has 0 amide bonds. The molecule has 0 aromatic heterocycles. The van der Waals surface area contributed by atoms with E-state index in [1.807, 2.05) is 111 Å². The summed E-state index contributed by atoms with van der Waals surface area (Å²) in [6.45, 7) is 12.7. The van der Waals surface area contributed by atoms with Gasteiger partial charge in [0.15, 0.2) is 0 Å². The summed E-state index contributed by atoms with van der Waals surface area (Å²) in [4.78, 5) is 0. The number of methoxy groups -OCH3 is 2. The predicted octanol–water partition coefficient (Wildman–Crippen LogP) is 19.5. The van der Waals surface area contributed by atoms with E-state index in [1.54, 1.807) is 14.2 Å². The Hall–Kier alpha value is -10.7. The lowest BCUT2D eigenvalue weighted by molar-refractivity contribution is 0.410. The molecule has 2 aliphatic rings. The highest BCUT2D eigenvalue weighted by Gasteiger charge is 2.42. The van der Waals surface area contributed by atoms with Crippen LogP contribution in [0.15, 0.2) is 242 Å². The van der Waals surface area contributed by atoms with Crippen molar-refractivity contribution in [1.29, 1.82) is 0 Å². The summed E-state index contributed by atoms with van der Waals surface area (Å²) in [5.74, 6) is 25.2. The smallest absolute Gasteiger partial charge is 0.323 e. The number of hydrogen-bond donors (Lipinski definition) is 0. The van der Waals surface area contributed by atoms with Gasteiger partial charge in [0.1, 0.15) is 28.4 Å². The van der Waals surface area contributed by atoms with Crippen molar-refractivity contribution < 1.29 is 18.3 Å². The molecule has 6 heteroatoms. The van der Waals surface area contributed by atoms with Crippen molar-refractivity contribution in [2.24, 2.45) is 0 Å². The van der Waals surface area contributed by atoms with E-state index in [0.717, 1.165) is 117 Å². The van der Waals surface area contributed by atoms with Gasteiger partial charge < -0.3 is 18.3 Å². The number of para-hydroxylation sites is 4. The Balaban J connectivity index is 0.000000165. The average molecular weight is 1200 g/mol. The molecule has 0 aliphatic heterocycles. The second-order valence-corrected chi connectivity index (χ2v) is 31.0. The Kier molecular flexibility index (Phi) is 15.8.